The summed E-state index contributed by atoms with van der Waals surface area (Å²) in [4.78, 5) is 16.4. The number of carbonyl (C=O) groups is 1. The van der Waals surface area contributed by atoms with Crippen molar-refractivity contribution in [1.82, 2.24) is 14.8 Å². The van der Waals surface area contributed by atoms with Crippen molar-refractivity contribution < 1.29 is 9.53 Å². The first-order valence-electron chi connectivity index (χ1n) is 8.23. The van der Waals surface area contributed by atoms with E-state index in [0.29, 0.717) is 12.5 Å². The van der Waals surface area contributed by atoms with Crippen LogP contribution in [0.25, 0.3) is 0 Å². The lowest BCUT2D eigenvalue weighted by Crippen LogP contribution is -2.44. The minimum atomic E-state index is -0.400. The Labute approximate surface area is 125 Å². The Balaban J connectivity index is 1.63. The van der Waals surface area contributed by atoms with Crippen molar-refractivity contribution >= 4 is 5.97 Å². The molecule has 4 aliphatic rings. The van der Waals surface area contributed by atoms with Crippen LogP contribution >= 0.6 is 0 Å². The number of hydrogen-bond acceptors (Lipinski definition) is 4. The van der Waals surface area contributed by atoms with E-state index in [1.165, 1.54) is 32.1 Å². The number of nitrogens with zero attached hydrogens (tertiary/aromatic N) is 3. The molecule has 4 fully saturated rings. The average molecular weight is 289 g/mol. The molecule has 21 heavy (non-hydrogen) atoms. The molecule has 5 heteroatoms. The smallest absolute Gasteiger partial charge is 0.378 e. The molecule has 0 aromatic carbocycles. The SMILES string of the molecule is CCOC(=O)c1nc(C2C3CC4CC(C3)CC2C4)n(C)n1. The predicted octanol–water partition coefficient (Wildman–Crippen LogP) is 2.53. The molecule has 0 amide bonds. The van der Waals surface area contributed by atoms with Gasteiger partial charge in [-0.3, -0.25) is 4.68 Å². The van der Waals surface area contributed by atoms with E-state index in [0.717, 1.165) is 29.5 Å². The van der Waals surface area contributed by atoms with Crippen LogP contribution in [0.15, 0.2) is 0 Å². The topological polar surface area (TPSA) is 57.0 Å². The van der Waals surface area contributed by atoms with E-state index >= 15 is 0 Å². The fourth-order valence-electron chi connectivity index (χ4n) is 5.32. The predicted molar refractivity (Wildman–Crippen MR) is 76.7 cm³/mol. The van der Waals surface area contributed by atoms with Gasteiger partial charge >= 0.3 is 5.97 Å². The molecule has 0 radical (unpaired) electrons. The quantitative estimate of drug-likeness (QED) is 0.802. The summed E-state index contributed by atoms with van der Waals surface area (Å²) in [5.41, 5.74) is 0. The molecular formula is C16H23N3O2. The molecule has 5 nitrogen and oxygen atoms in total. The van der Waals surface area contributed by atoms with Crippen LogP contribution in [0.2, 0.25) is 0 Å². The maximum absolute atomic E-state index is 11.8. The summed E-state index contributed by atoms with van der Waals surface area (Å²) in [5.74, 6) is 4.72. The van der Waals surface area contributed by atoms with Crippen molar-refractivity contribution in [3.63, 3.8) is 0 Å². The highest BCUT2D eigenvalue weighted by molar-refractivity contribution is 5.85. The fraction of sp³-hybridized carbons (Fsp3) is 0.812. The second-order valence-electron chi connectivity index (χ2n) is 7.09. The first-order valence-corrected chi connectivity index (χ1v) is 8.23. The summed E-state index contributed by atoms with van der Waals surface area (Å²) < 4.78 is 6.84. The van der Waals surface area contributed by atoms with Gasteiger partial charge in [-0.15, -0.1) is 5.10 Å². The summed E-state index contributed by atoms with van der Waals surface area (Å²) >= 11 is 0. The van der Waals surface area contributed by atoms with Gasteiger partial charge in [0.2, 0.25) is 0 Å². The van der Waals surface area contributed by atoms with Gasteiger partial charge in [0.1, 0.15) is 5.82 Å². The monoisotopic (exact) mass is 289 g/mol. The van der Waals surface area contributed by atoms with Gasteiger partial charge < -0.3 is 4.74 Å². The Bertz CT molecular complexity index is 538. The first-order chi connectivity index (χ1) is 10.2. The summed E-state index contributed by atoms with van der Waals surface area (Å²) in [6, 6.07) is 0. The second kappa shape index (κ2) is 4.82. The molecule has 114 valence electrons. The maximum atomic E-state index is 11.8. The zero-order valence-corrected chi connectivity index (χ0v) is 12.8. The molecular weight excluding hydrogens is 266 g/mol. The molecule has 4 aliphatic carbocycles. The number of ether oxygens (including phenoxy) is 1. The van der Waals surface area contributed by atoms with Crippen LogP contribution in [-0.4, -0.2) is 27.3 Å². The molecule has 1 aromatic rings. The molecule has 0 spiro atoms. The van der Waals surface area contributed by atoms with Gasteiger partial charge in [0.25, 0.3) is 5.82 Å². The van der Waals surface area contributed by atoms with Crippen LogP contribution in [-0.2, 0) is 11.8 Å². The summed E-state index contributed by atoms with van der Waals surface area (Å²) in [5, 5.41) is 4.29. The molecule has 4 bridgehead atoms. The maximum Gasteiger partial charge on any atom is 0.378 e. The van der Waals surface area contributed by atoms with Crippen molar-refractivity contribution in [2.24, 2.45) is 30.7 Å². The zero-order valence-electron chi connectivity index (χ0n) is 12.8. The van der Waals surface area contributed by atoms with Crippen molar-refractivity contribution in [2.75, 3.05) is 6.61 Å². The van der Waals surface area contributed by atoms with Crippen LogP contribution in [0.5, 0.6) is 0 Å². The van der Waals surface area contributed by atoms with E-state index in [1.54, 1.807) is 6.92 Å². The van der Waals surface area contributed by atoms with Crippen LogP contribution in [0.1, 0.15) is 61.4 Å². The van der Waals surface area contributed by atoms with Gasteiger partial charge in [-0.25, -0.2) is 9.78 Å². The molecule has 0 N–H and O–H groups in total. The van der Waals surface area contributed by atoms with E-state index in [1.807, 2.05) is 11.7 Å². The highest BCUT2D eigenvalue weighted by Crippen LogP contribution is 2.59. The Kier molecular flexibility index (Phi) is 3.05. The van der Waals surface area contributed by atoms with Crippen molar-refractivity contribution in [2.45, 2.75) is 44.9 Å². The molecule has 0 saturated heterocycles. The highest BCUT2D eigenvalue weighted by atomic mass is 16.5. The molecule has 5 rings (SSSR count). The second-order valence-corrected chi connectivity index (χ2v) is 7.09. The largest absolute Gasteiger partial charge is 0.460 e. The Morgan fingerprint density at radius 1 is 1.19 bits per heavy atom. The minimum Gasteiger partial charge on any atom is -0.460 e. The van der Waals surface area contributed by atoms with E-state index < -0.39 is 5.97 Å². The highest BCUT2D eigenvalue weighted by Gasteiger charge is 2.50. The van der Waals surface area contributed by atoms with E-state index in [4.69, 9.17) is 4.74 Å². The molecule has 0 aliphatic heterocycles. The third-order valence-electron chi connectivity index (χ3n) is 5.78. The van der Waals surface area contributed by atoms with Crippen molar-refractivity contribution in [3.05, 3.63) is 11.6 Å². The Hall–Kier alpha value is -1.39. The first kappa shape index (κ1) is 13.3. The lowest BCUT2D eigenvalue weighted by molar-refractivity contribution is -0.00680. The van der Waals surface area contributed by atoms with Crippen molar-refractivity contribution in [3.8, 4) is 0 Å². The Morgan fingerprint density at radius 3 is 2.38 bits per heavy atom. The summed E-state index contributed by atoms with van der Waals surface area (Å²) in [6.45, 7) is 2.17. The zero-order chi connectivity index (χ0) is 14.6. The van der Waals surface area contributed by atoms with E-state index in [2.05, 4.69) is 10.1 Å². The number of hydrogen-bond donors (Lipinski definition) is 0. The minimum absolute atomic E-state index is 0.225. The van der Waals surface area contributed by atoms with Gasteiger partial charge in [-0.1, -0.05) is 0 Å². The van der Waals surface area contributed by atoms with Gasteiger partial charge in [-0.2, -0.15) is 0 Å². The number of rotatable bonds is 3. The van der Waals surface area contributed by atoms with E-state index in [-0.39, 0.29) is 5.82 Å². The molecule has 4 saturated carbocycles. The lowest BCUT2D eigenvalue weighted by Gasteiger charge is -2.53. The van der Waals surface area contributed by atoms with Gasteiger partial charge in [0.15, 0.2) is 0 Å². The third-order valence-corrected chi connectivity index (χ3v) is 5.78. The van der Waals surface area contributed by atoms with Crippen LogP contribution in [0, 0.1) is 23.7 Å². The molecule has 0 unspecified atom stereocenters. The van der Waals surface area contributed by atoms with Gasteiger partial charge in [0, 0.05) is 13.0 Å². The van der Waals surface area contributed by atoms with Crippen molar-refractivity contribution in [1.29, 1.82) is 0 Å². The third kappa shape index (κ3) is 2.09. The van der Waals surface area contributed by atoms with Crippen LogP contribution < -0.4 is 0 Å². The number of aromatic nitrogens is 3. The fourth-order valence-corrected chi connectivity index (χ4v) is 5.32. The summed E-state index contributed by atoms with van der Waals surface area (Å²) in [7, 11) is 1.91. The standard InChI is InChI=1S/C16H23N3O2/c1-3-21-16(20)14-17-15(19(2)18-14)13-11-5-9-4-10(7-11)8-12(13)6-9/h9-13H,3-8H2,1-2H3. The number of aryl methyl sites for hydroxylation is 1. The van der Waals surface area contributed by atoms with Gasteiger partial charge in [0.05, 0.1) is 6.61 Å². The van der Waals surface area contributed by atoms with E-state index in [9.17, 15) is 4.79 Å². The lowest BCUT2D eigenvalue weighted by atomic mass is 9.51. The molecule has 0 atom stereocenters. The number of carbonyl (C=O) groups excluding carboxylic acids is 1. The van der Waals surface area contributed by atoms with Gasteiger partial charge in [-0.05, 0) is 62.7 Å². The number of esters is 1. The molecule has 1 aromatic heterocycles. The van der Waals surface area contributed by atoms with Crippen LogP contribution in [0.4, 0.5) is 0 Å². The average Bonchev–Trinajstić information content (AvgIpc) is 2.80. The van der Waals surface area contributed by atoms with Crippen LogP contribution in [0.3, 0.4) is 0 Å². The summed E-state index contributed by atoms with van der Waals surface area (Å²) in [6.07, 6.45) is 6.84. The Morgan fingerprint density at radius 2 is 1.81 bits per heavy atom. The normalized spacial score (nSPS) is 37.0. The molecule has 1 heterocycles.